The van der Waals surface area contributed by atoms with Crippen LogP contribution >= 0.6 is 0 Å². The molecule has 2 rings (SSSR count). The van der Waals surface area contributed by atoms with Gasteiger partial charge in [-0.1, -0.05) is 6.07 Å². The van der Waals surface area contributed by atoms with Gasteiger partial charge in [0.2, 0.25) is 0 Å². The van der Waals surface area contributed by atoms with Crippen molar-refractivity contribution in [3.63, 3.8) is 0 Å². The Morgan fingerprint density at radius 3 is 2.20 bits per heavy atom. The summed E-state index contributed by atoms with van der Waals surface area (Å²) in [5.74, 6) is -3.19. The molecule has 0 amide bonds. The molecular formula is C15H12F4O. The van der Waals surface area contributed by atoms with Crippen LogP contribution in [0, 0.1) is 23.3 Å². The average molecular weight is 284 g/mol. The van der Waals surface area contributed by atoms with Gasteiger partial charge >= 0.3 is 0 Å². The number of aliphatic hydroxyl groups is 1. The smallest absolute Gasteiger partial charge is 0.159 e. The minimum Gasteiger partial charge on any atom is -0.392 e. The molecule has 0 saturated heterocycles. The SMILES string of the molecule is OC(Cc1ccc(F)c(F)c1)Cc1cc(F)ccc1F. The summed E-state index contributed by atoms with van der Waals surface area (Å²) in [6, 6.07) is 6.24. The predicted octanol–water partition coefficient (Wildman–Crippen LogP) is 3.39. The van der Waals surface area contributed by atoms with Crippen LogP contribution < -0.4 is 0 Å². The summed E-state index contributed by atoms with van der Waals surface area (Å²) in [6.07, 6.45) is -1.11. The maximum atomic E-state index is 13.4. The Morgan fingerprint density at radius 1 is 0.800 bits per heavy atom. The van der Waals surface area contributed by atoms with Crippen molar-refractivity contribution in [2.75, 3.05) is 0 Å². The van der Waals surface area contributed by atoms with Gasteiger partial charge in [0.25, 0.3) is 0 Å². The Bertz CT molecular complexity index is 613. The zero-order valence-corrected chi connectivity index (χ0v) is 10.4. The van der Waals surface area contributed by atoms with Gasteiger partial charge in [-0.3, -0.25) is 0 Å². The minimum absolute atomic E-state index is 0.0210. The van der Waals surface area contributed by atoms with E-state index in [0.717, 1.165) is 30.3 Å². The molecule has 0 aliphatic rings. The molecule has 1 N–H and O–H groups in total. The second-order valence-corrected chi connectivity index (χ2v) is 4.55. The summed E-state index contributed by atoms with van der Waals surface area (Å²) in [5.41, 5.74) is 0.424. The fourth-order valence-corrected chi connectivity index (χ4v) is 1.96. The monoisotopic (exact) mass is 284 g/mol. The van der Waals surface area contributed by atoms with Gasteiger partial charge in [-0.25, -0.2) is 17.6 Å². The molecule has 0 aliphatic heterocycles. The van der Waals surface area contributed by atoms with Gasteiger partial charge in [0.1, 0.15) is 11.6 Å². The first kappa shape index (κ1) is 14.5. The molecule has 0 bridgehead atoms. The highest BCUT2D eigenvalue weighted by Crippen LogP contribution is 2.15. The van der Waals surface area contributed by atoms with Crippen molar-refractivity contribution in [2.45, 2.75) is 18.9 Å². The van der Waals surface area contributed by atoms with Crippen molar-refractivity contribution in [3.8, 4) is 0 Å². The average Bonchev–Trinajstić information content (AvgIpc) is 2.38. The number of aliphatic hydroxyl groups excluding tert-OH is 1. The molecule has 2 aromatic rings. The standard InChI is InChI=1S/C15H12F4O/c16-11-2-4-13(17)10(7-11)8-12(20)5-9-1-3-14(18)15(19)6-9/h1-4,6-7,12,20H,5,8H2. The first-order valence-electron chi connectivity index (χ1n) is 6.01. The second-order valence-electron chi connectivity index (χ2n) is 4.55. The van der Waals surface area contributed by atoms with E-state index in [1.807, 2.05) is 0 Å². The summed E-state index contributed by atoms with van der Waals surface area (Å²) < 4.78 is 52.1. The third-order valence-electron chi connectivity index (χ3n) is 2.92. The van der Waals surface area contributed by atoms with Gasteiger partial charge < -0.3 is 5.11 Å². The number of halogens is 4. The fourth-order valence-electron chi connectivity index (χ4n) is 1.96. The Hall–Kier alpha value is -1.88. The lowest BCUT2D eigenvalue weighted by Gasteiger charge is -2.11. The van der Waals surface area contributed by atoms with Gasteiger partial charge in [0, 0.05) is 6.42 Å². The summed E-state index contributed by atoms with van der Waals surface area (Å²) in [6.45, 7) is 0. The van der Waals surface area contributed by atoms with E-state index in [9.17, 15) is 22.7 Å². The van der Waals surface area contributed by atoms with Gasteiger partial charge in [-0.15, -0.1) is 0 Å². The molecule has 0 aromatic heterocycles. The Morgan fingerprint density at radius 2 is 1.50 bits per heavy atom. The molecule has 1 atom stereocenters. The van der Waals surface area contributed by atoms with Crippen LogP contribution in [0.2, 0.25) is 0 Å². The van der Waals surface area contributed by atoms with E-state index in [-0.39, 0.29) is 18.4 Å². The van der Waals surface area contributed by atoms with E-state index < -0.39 is 29.4 Å². The molecule has 0 aliphatic carbocycles. The summed E-state index contributed by atoms with van der Waals surface area (Å²) in [4.78, 5) is 0. The van der Waals surface area contributed by atoms with Crippen LogP contribution in [0.4, 0.5) is 17.6 Å². The third-order valence-corrected chi connectivity index (χ3v) is 2.92. The molecule has 0 fully saturated rings. The van der Waals surface area contributed by atoms with Crippen LogP contribution in [-0.2, 0) is 12.8 Å². The van der Waals surface area contributed by atoms with E-state index >= 15 is 0 Å². The van der Waals surface area contributed by atoms with Gasteiger partial charge in [-0.2, -0.15) is 0 Å². The highest BCUT2D eigenvalue weighted by atomic mass is 19.2. The second kappa shape index (κ2) is 6.05. The van der Waals surface area contributed by atoms with Crippen LogP contribution in [-0.4, -0.2) is 11.2 Å². The zero-order valence-electron chi connectivity index (χ0n) is 10.4. The Kier molecular flexibility index (Phi) is 4.39. The number of hydrogen-bond acceptors (Lipinski definition) is 1. The minimum atomic E-state index is -1.02. The first-order valence-corrected chi connectivity index (χ1v) is 6.01. The van der Waals surface area contributed by atoms with Crippen molar-refractivity contribution < 1.29 is 22.7 Å². The predicted molar refractivity (Wildman–Crippen MR) is 66.1 cm³/mol. The van der Waals surface area contributed by atoms with Crippen LogP contribution in [0.15, 0.2) is 36.4 Å². The molecule has 1 unspecified atom stereocenters. The highest BCUT2D eigenvalue weighted by Gasteiger charge is 2.12. The van der Waals surface area contributed by atoms with E-state index in [0.29, 0.717) is 5.56 Å². The van der Waals surface area contributed by atoms with Crippen molar-refractivity contribution in [3.05, 3.63) is 70.8 Å². The van der Waals surface area contributed by atoms with Crippen molar-refractivity contribution in [1.29, 1.82) is 0 Å². The van der Waals surface area contributed by atoms with Crippen LogP contribution in [0.3, 0.4) is 0 Å². The maximum absolute atomic E-state index is 13.4. The zero-order chi connectivity index (χ0) is 14.7. The number of rotatable bonds is 4. The van der Waals surface area contributed by atoms with Crippen LogP contribution in [0.1, 0.15) is 11.1 Å². The summed E-state index contributed by atoms with van der Waals surface area (Å²) >= 11 is 0. The molecule has 0 heterocycles. The highest BCUT2D eigenvalue weighted by molar-refractivity contribution is 5.22. The van der Waals surface area contributed by atoms with E-state index in [1.54, 1.807) is 0 Å². The lowest BCUT2D eigenvalue weighted by molar-refractivity contribution is 0.174. The first-order chi connectivity index (χ1) is 9.45. The number of hydrogen-bond donors (Lipinski definition) is 1. The van der Waals surface area contributed by atoms with Crippen molar-refractivity contribution in [2.24, 2.45) is 0 Å². The van der Waals surface area contributed by atoms with Gasteiger partial charge in [-0.05, 0) is 47.9 Å². The number of benzene rings is 2. The van der Waals surface area contributed by atoms with Gasteiger partial charge in [0.05, 0.1) is 6.10 Å². The fraction of sp³-hybridized carbons (Fsp3) is 0.200. The van der Waals surface area contributed by atoms with E-state index in [2.05, 4.69) is 0 Å². The van der Waals surface area contributed by atoms with Crippen molar-refractivity contribution in [1.82, 2.24) is 0 Å². The molecule has 1 nitrogen and oxygen atoms in total. The summed E-state index contributed by atoms with van der Waals surface area (Å²) in [5, 5.41) is 9.83. The molecule has 5 heteroatoms. The molecule has 2 aromatic carbocycles. The van der Waals surface area contributed by atoms with E-state index in [4.69, 9.17) is 0 Å². The summed E-state index contributed by atoms with van der Waals surface area (Å²) in [7, 11) is 0. The third kappa shape index (κ3) is 3.57. The molecule has 0 spiro atoms. The lowest BCUT2D eigenvalue weighted by atomic mass is 10.0. The quantitative estimate of drug-likeness (QED) is 0.853. The topological polar surface area (TPSA) is 20.2 Å². The van der Waals surface area contributed by atoms with Gasteiger partial charge in [0.15, 0.2) is 11.6 Å². The normalized spacial score (nSPS) is 12.4. The van der Waals surface area contributed by atoms with E-state index in [1.165, 1.54) is 6.07 Å². The van der Waals surface area contributed by atoms with Crippen LogP contribution in [0.5, 0.6) is 0 Å². The molecule has 106 valence electrons. The largest absolute Gasteiger partial charge is 0.392 e. The Balaban J connectivity index is 2.06. The molecular weight excluding hydrogens is 272 g/mol. The van der Waals surface area contributed by atoms with Crippen LogP contribution in [0.25, 0.3) is 0 Å². The molecule has 0 radical (unpaired) electrons. The van der Waals surface area contributed by atoms with Crippen molar-refractivity contribution >= 4 is 0 Å². The molecule has 20 heavy (non-hydrogen) atoms. The lowest BCUT2D eigenvalue weighted by Crippen LogP contribution is -2.15. The Labute approximate surface area is 113 Å². The maximum Gasteiger partial charge on any atom is 0.159 e. The molecule has 0 saturated carbocycles.